The fourth-order valence-corrected chi connectivity index (χ4v) is 1.22. The Morgan fingerprint density at radius 3 is 3.27 bits per heavy atom. The van der Waals surface area contributed by atoms with Crippen LogP contribution in [0.25, 0.3) is 11.1 Å². The van der Waals surface area contributed by atoms with Crippen LogP contribution in [-0.4, -0.2) is 17.7 Å². The molecule has 0 aliphatic heterocycles. The Labute approximate surface area is 86.0 Å². The van der Waals surface area contributed by atoms with Crippen molar-refractivity contribution in [1.29, 1.82) is 0 Å². The van der Waals surface area contributed by atoms with Crippen LogP contribution in [0.15, 0.2) is 29.0 Å². The summed E-state index contributed by atoms with van der Waals surface area (Å²) in [6, 6.07) is 5.18. The second kappa shape index (κ2) is 4.00. The highest BCUT2D eigenvalue weighted by molar-refractivity contribution is 5.88. The lowest BCUT2D eigenvalue weighted by molar-refractivity contribution is 0.168. The van der Waals surface area contributed by atoms with Gasteiger partial charge in [0.05, 0.1) is 6.61 Å². The quantitative estimate of drug-likeness (QED) is 0.819. The largest absolute Gasteiger partial charge is 0.450 e. The normalized spacial score (nSPS) is 10.2. The Balaban J connectivity index is 2.17. The van der Waals surface area contributed by atoms with Crippen LogP contribution in [0.5, 0.6) is 0 Å². The number of amides is 1. The molecule has 1 amide bonds. The number of oxazole rings is 1. The predicted molar refractivity (Wildman–Crippen MR) is 54.7 cm³/mol. The summed E-state index contributed by atoms with van der Waals surface area (Å²) in [5.41, 5.74) is 2.02. The molecule has 0 aliphatic carbocycles. The minimum atomic E-state index is -0.472. The van der Waals surface area contributed by atoms with E-state index in [1.807, 2.05) is 0 Å². The van der Waals surface area contributed by atoms with Gasteiger partial charge in [-0.15, -0.1) is 0 Å². The van der Waals surface area contributed by atoms with E-state index in [9.17, 15) is 4.79 Å². The maximum absolute atomic E-state index is 11.1. The minimum Gasteiger partial charge on any atom is -0.450 e. The van der Waals surface area contributed by atoms with Gasteiger partial charge in [-0.3, -0.25) is 5.32 Å². The average molecular weight is 206 g/mol. The lowest BCUT2D eigenvalue weighted by atomic mass is 10.3. The SMILES string of the molecule is CCOC(=O)Nc1ccc2ocnc2c1. The summed E-state index contributed by atoms with van der Waals surface area (Å²) in [5, 5.41) is 2.58. The van der Waals surface area contributed by atoms with Crippen LogP contribution >= 0.6 is 0 Å². The number of carbonyl (C=O) groups is 1. The Morgan fingerprint density at radius 1 is 1.60 bits per heavy atom. The van der Waals surface area contributed by atoms with E-state index in [0.29, 0.717) is 23.4 Å². The number of fused-ring (bicyclic) bond motifs is 1. The van der Waals surface area contributed by atoms with Gasteiger partial charge in [-0.05, 0) is 25.1 Å². The molecule has 2 aromatic rings. The summed E-state index contributed by atoms with van der Waals surface area (Å²) in [4.78, 5) is 15.1. The number of benzene rings is 1. The zero-order valence-electron chi connectivity index (χ0n) is 8.19. The lowest BCUT2D eigenvalue weighted by Crippen LogP contribution is -2.13. The molecule has 1 N–H and O–H groups in total. The van der Waals surface area contributed by atoms with Gasteiger partial charge in [0.25, 0.3) is 0 Å². The molecule has 5 heteroatoms. The van der Waals surface area contributed by atoms with Crippen LogP contribution in [0.2, 0.25) is 0 Å². The van der Waals surface area contributed by atoms with E-state index in [4.69, 9.17) is 9.15 Å². The van der Waals surface area contributed by atoms with Gasteiger partial charge in [0.15, 0.2) is 12.0 Å². The van der Waals surface area contributed by atoms with E-state index in [1.165, 1.54) is 6.39 Å². The number of nitrogens with zero attached hydrogens (tertiary/aromatic N) is 1. The second-order valence-electron chi connectivity index (χ2n) is 2.88. The minimum absolute atomic E-state index is 0.345. The van der Waals surface area contributed by atoms with Gasteiger partial charge in [0, 0.05) is 5.69 Å². The molecule has 0 aliphatic rings. The summed E-state index contributed by atoms with van der Waals surface area (Å²) in [7, 11) is 0. The molecular weight excluding hydrogens is 196 g/mol. The van der Waals surface area contributed by atoms with Gasteiger partial charge in [0.2, 0.25) is 0 Å². The summed E-state index contributed by atoms with van der Waals surface area (Å²) >= 11 is 0. The van der Waals surface area contributed by atoms with E-state index in [-0.39, 0.29) is 0 Å². The molecule has 2 rings (SSSR count). The van der Waals surface area contributed by atoms with Gasteiger partial charge < -0.3 is 9.15 Å². The summed E-state index contributed by atoms with van der Waals surface area (Å²) in [5.74, 6) is 0. The highest BCUT2D eigenvalue weighted by Gasteiger charge is 2.04. The molecule has 0 unspecified atom stereocenters. The molecule has 0 bridgehead atoms. The first kappa shape index (κ1) is 9.51. The van der Waals surface area contributed by atoms with Gasteiger partial charge in [-0.1, -0.05) is 0 Å². The summed E-state index contributed by atoms with van der Waals surface area (Å²) in [6.07, 6.45) is 0.888. The van der Waals surface area contributed by atoms with Gasteiger partial charge in [0.1, 0.15) is 5.52 Å². The molecule has 5 nitrogen and oxygen atoms in total. The van der Waals surface area contributed by atoms with E-state index in [1.54, 1.807) is 25.1 Å². The van der Waals surface area contributed by atoms with E-state index in [0.717, 1.165) is 0 Å². The van der Waals surface area contributed by atoms with Gasteiger partial charge >= 0.3 is 6.09 Å². The van der Waals surface area contributed by atoms with Crippen molar-refractivity contribution in [3.05, 3.63) is 24.6 Å². The van der Waals surface area contributed by atoms with E-state index < -0.39 is 6.09 Å². The van der Waals surface area contributed by atoms with E-state index in [2.05, 4.69) is 10.3 Å². The molecule has 0 fully saturated rings. The van der Waals surface area contributed by atoms with Crippen LogP contribution in [0, 0.1) is 0 Å². The first-order valence-electron chi connectivity index (χ1n) is 4.56. The molecule has 0 saturated carbocycles. The number of hydrogen-bond donors (Lipinski definition) is 1. The summed E-state index contributed by atoms with van der Waals surface area (Å²) in [6.45, 7) is 2.10. The lowest BCUT2D eigenvalue weighted by Gasteiger charge is -2.03. The standard InChI is InChI=1S/C10H10N2O3/c1-2-14-10(13)12-7-3-4-9-8(5-7)11-6-15-9/h3-6H,2H2,1H3,(H,12,13). The Morgan fingerprint density at radius 2 is 2.47 bits per heavy atom. The Bertz CT molecular complexity index is 478. The number of nitrogens with one attached hydrogen (secondary N) is 1. The van der Waals surface area contributed by atoms with Crippen molar-refractivity contribution in [2.45, 2.75) is 6.92 Å². The van der Waals surface area contributed by atoms with Gasteiger partial charge in [-0.25, -0.2) is 9.78 Å². The molecule has 15 heavy (non-hydrogen) atoms. The van der Waals surface area contributed by atoms with Crippen LogP contribution in [0.4, 0.5) is 10.5 Å². The zero-order valence-corrected chi connectivity index (χ0v) is 8.19. The number of aromatic nitrogens is 1. The molecule has 1 aromatic carbocycles. The molecule has 0 spiro atoms. The molecule has 1 heterocycles. The second-order valence-corrected chi connectivity index (χ2v) is 2.88. The zero-order chi connectivity index (χ0) is 10.7. The van der Waals surface area contributed by atoms with Crippen molar-refractivity contribution in [2.75, 3.05) is 11.9 Å². The average Bonchev–Trinajstić information content (AvgIpc) is 2.65. The summed E-state index contributed by atoms with van der Waals surface area (Å²) < 4.78 is 9.82. The van der Waals surface area contributed by atoms with Crippen molar-refractivity contribution in [2.24, 2.45) is 0 Å². The van der Waals surface area contributed by atoms with Crippen molar-refractivity contribution in [1.82, 2.24) is 4.98 Å². The Kier molecular flexibility index (Phi) is 2.53. The number of hydrogen-bond acceptors (Lipinski definition) is 4. The maximum Gasteiger partial charge on any atom is 0.411 e. The number of carbonyl (C=O) groups excluding carboxylic acids is 1. The third kappa shape index (κ3) is 2.07. The molecule has 0 radical (unpaired) electrons. The highest BCUT2D eigenvalue weighted by atomic mass is 16.5. The Hall–Kier alpha value is -2.04. The predicted octanol–water partition coefficient (Wildman–Crippen LogP) is 2.40. The fourth-order valence-electron chi connectivity index (χ4n) is 1.22. The van der Waals surface area contributed by atoms with Crippen LogP contribution in [0.1, 0.15) is 6.92 Å². The van der Waals surface area contributed by atoms with E-state index >= 15 is 0 Å². The monoisotopic (exact) mass is 206 g/mol. The van der Waals surface area contributed by atoms with Crippen molar-refractivity contribution in [3.8, 4) is 0 Å². The first-order chi connectivity index (χ1) is 7.29. The fraction of sp³-hybridized carbons (Fsp3) is 0.200. The highest BCUT2D eigenvalue weighted by Crippen LogP contribution is 2.17. The van der Waals surface area contributed by atoms with Crippen LogP contribution in [0.3, 0.4) is 0 Å². The number of anilines is 1. The molecule has 78 valence electrons. The van der Waals surface area contributed by atoms with Crippen molar-refractivity contribution < 1.29 is 13.9 Å². The number of ether oxygens (including phenoxy) is 1. The topological polar surface area (TPSA) is 64.4 Å². The maximum atomic E-state index is 11.1. The van der Waals surface area contributed by atoms with Crippen LogP contribution in [-0.2, 0) is 4.74 Å². The molecule has 1 aromatic heterocycles. The third-order valence-electron chi connectivity index (χ3n) is 1.85. The smallest absolute Gasteiger partial charge is 0.411 e. The van der Waals surface area contributed by atoms with Crippen molar-refractivity contribution in [3.63, 3.8) is 0 Å². The number of rotatable bonds is 2. The first-order valence-corrected chi connectivity index (χ1v) is 4.56. The van der Waals surface area contributed by atoms with Crippen LogP contribution < -0.4 is 5.32 Å². The third-order valence-corrected chi connectivity index (χ3v) is 1.85. The van der Waals surface area contributed by atoms with Crippen molar-refractivity contribution >= 4 is 22.9 Å². The molecule has 0 atom stereocenters. The molecular formula is C10H10N2O3. The van der Waals surface area contributed by atoms with Gasteiger partial charge in [-0.2, -0.15) is 0 Å². The molecule has 0 saturated heterocycles.